The fourth-order valence-electron chi connectivity index (χ4n) is 1.55. The van der Waals surface area contributed by atoms with Crippen LogP contribution in [0, 0.1) is 0 Å². The SMILES string of the molecule is COCCCOCc1cccc(CNC(C)(C)C)n1. The third kappa shape index (κ3) is 7.93. The van der Waals surface area contributed by atoms with Crippen molar-refractivity contribution in [2.24, 2.45) is 0 Å². The number of nitrogens with zero attached hydrogens (tertiary/aromatic N) is 1. The summed E-state index contributed by atoms with van der Waals surface area (Å²) in [5.74, 6) is 0. The molecule has 0 aliphatic carbocycles. The zero-order chi connectivity index (χ0) is 14.1. The Morgan fingerprint density at radius 1 is 1.16 bits per heavy atom. The average Bonchev–Trinajstić information content (AvgIpc) is 2.36. The number of rotatable bonds is 8. The van der Waals surface area contributed by atoms with Crippen molar-refractivity contribution in [3.05, 3.63) is 29.6 Å². The van der Waals surface area contributed by atoms with E-state index in [0.29, 0.717) is 13.2 Å². The summed E-state index contributed by atoms with van der Waals surface area (Å²) in [4.78, 5) is 4.57. The largest absolute Gasteiger partial charge is 0.385 e. The zero-order valence-electron chi connectivity index (χ0n) is 12.5. The maximum atomic E-state index is 5.56. The molecule has 1 heterocycles. The first-order valence-corrected chi connectivity index (χ1v) is 6.78. The molecule has 4 nitrogen and oxygen atoms in total. The highest BCUT2D eigenvalue weighted by molar-refractivity contribution is 5.10. The number of hydrogen-bond donors (Lipinski definition) is 1. The Balaban J connectivity index is 2.35. The summed E-state index contributed by atoms with van der Waals surface area (Å²) in [6.45, 7) is 9.23. The summed E-state index contributed by atoms with van der Waals surface area (Å²) in [7, 11) is 1.70. The fraction of sp³-hybridized carbons (Fsp3) is 0.667. The van der Waals surface area contributed by atoms with Gasteiger partial charge in [0.2, 0.25) is 0 Å². The molecule has 1 aromatic rings. The smallest absolute Gasteiger partial charge is 0.0887 e. The summed E-state index contributed by atoms with van der Waals surface area (Å²) in [6.07, 6.45) is 0.918. The summed E-state index contributed by atoms with van der Waals surface area (Å²) in [6, 6.07) is 6.06. The number of methoxy groups -OCH3 is 1. The van der Waals surface area contributed by atoms with Crippen molar-refractivity contribution in [1.29, 1.82) is 0 Å². The molecule has 0 saturated carbocycles. The molecule has 0 amide bonds. The van der Waals surface area contributed by atoms with E-state index in [0.717, 1.165) is 31.0 Å². The van der Waals surface area contributed by atoms with Gasteiger partial charge in [0.1, 0.15) is 0 Å². The molecule has 0 aliphatic rings. The lowest BCUT2D eigenvalue weighted by Crippen LogP contribution is -2.35. The van der Waals surface area contributed by atoms with E-state index in [1.807, 2.05) is 18.2 Å². The van der Waals surface area contributed by atoms with Crippen molar-refractivity contribution >= 4 is 0 Å². The van der Waals surface area contributed by atoms with Crippen molar-refractivity contribution in [2.45, 2.75) is 45.9 Å². The minimum absolute atomic E-state index is 0.105. The van der Waals surface area contributed by atoms with E-state index in [-0.39, 0.29) is 5.54 Å². The molecule has 0 bridgehead atoms. The Morgan fingerprint density at radius 2 is 1.89 bits per heavy atom. The van der Waals surface area contributed by atoms with Gasteiger partial charge in [-0.1, -0.05) is 6.07 Å². The number of pyridine rings is 1. The second kappa shape index (κ2) is 8.25. The van der Waals surface area contributed by atoms with Crippen LogP contribution in [0.1, 0.15) is 38.6 Å². The molecule has 1 N–H and O–H groups in total. The van der Waals surface area contributed by atoms with Crippen molar-refractivity contribution < 1.29 is 9.47 Å². The molecule has 0 spiro atoms. The standard InChI is InChI=1S/C15H26N2O2/c1-15(2,3)16-11-13-7-5-8-14(17-13)12-19-10-6-9-18-4/h5,7-8,16H,6,9-12H2,1-4H3. The molecule has 1 aromatic heterocycles. The Kier molecular flexibility index (Phi) is 6.99. The van der Waals surface area contributed by atoms with E-state index >= 15 is 0 Å². The maximum Gasteiger partial charge on any atom is 0.0887 e. The van der Waals surface area contributed by atoms with E-state index in [2.05, 4.69) is 31.1 Å². The molecule has 1 rings (SSSR count). The monoisotopic (exact) mass is 266 g/mol. The van der Waals surface area contributed by atoms with Crippen LogP contribution in [0.5, 0.6) is 0 Å². The van der Waals surface area contributed by atoms with Crippen LogP contribution in [0.2, 0.25) is 0 Å². The molecule has 19 heavy (non-hydrogen) atoms. The fourth-order valence-corrected chi connectivity index (χ4v) is 1.55. The molecule has 0 fully saturated rings. The van der Waals surface area contributed by atoms with Gasteiger partial charge in [-0.25, -0.2) is 0 Å². The number of ether oxygens (including phenoxy) is 2. The van der Waals surface area contributed by atoms with Crippen LogP contribution < -0.4 is 5.32 Å². The Hall–Kier alpha value is -0.970. The second-order valence-corrected chi connectivity index (χ2v) is 5.62. The summed E-state index contributed by atoms with van der Waals surface area (Å²) in [5, 5.41) is 3.43. The minimum Gasteiger partial charge on any atom is -0.385 e. The molecule has 0 aliphatic heterocycles. The van der Waals surface area contributed by atoms with Gasteiger partial charge >= 0.3 is 0 Å². The summed E-state index contributed by atoms with van der Waals surface area (Å²) >= 11 is 0. The van der Waals surface area contributed by atoms with Crippen LogP contribution in [0.4, 0.5) is 0 Å². The van der Waals surface area contributed by atoms with Crippen LogP contribution >= 0.6 is 0 Å². The van der Waals surface area contributed by atoms with Gasteiger partial charge in [0.05, 0.1) is 18.0 Å². The molecule has 0 atom stereocenters. The molecular weight excluding hydrogens is 240 g/mol. The lowest BCUT2D eigenvalue weighted by atomic mass is 10.1. The first kappa shape index (κ1) is 16.1. The minimum atomic E-state index is 0.105. The van der Waals surface area contributed by atoms with Crippen molar-refractivity contribution in [3.63, 3.8) is 0 Å². The maximum absolute atomic E-state index is 5.56. The summed E-state index contributed by atoms with van der Waals surface area (Å²) in [5.41, 5.74) is 2.13. The van der Waals surface area contributed by atoms with Gasteiger partial charge in [0.15, 0.2) is 0 Å². The quantitative estimate of drug-likeness (QED) is 0.734. The van der Waals surface area contributed by atoms with E-state index in [1.54, 1.807) is 7.11 Å². The first-order valence-electron chi connectivity index (χ1n) is 6.78. The van der Waals surface area contributed by atoms with E-state index in [1.165, 1.54) is 0 Å². The number of nitrogens with one attached hydrogen (secondary N) is 1. The normalized spacial score (nSPS) is 11.8. The highest BCUT2D eigenvalue weighted by atomic mass is 16.5. The summed E-state index contributed by atoms with van der Waals surface area (Å²) < 4.78 is 10.5. The van der Waals surface area contributed by atoms with Gasteiger partial charge in [-0.05, 0) is 39.3 Å². The third-order valence-electron chi connectivity index (χ3n) is 2.55. The molecule has 0 aromatic carbocycles. The lowest BCUT2D eigenvalue weighted by Gasteiger charge is -2.20. The third-order valence-corrected chi connectivity index (χ3v) is 2.55. The first-order chi connectivity index (χ1) is 9.01. The van der Waals surface area contributed by atoms with Gasteiger partial charge in [-0.3, -0.25) is 4.98 Å². The van der Waals surface area contributed by atoms with Crippen LogP contribution in [-0.4, -0.2) is 30.8 Å². The van der Waals surface area contributed by atoms with Crippen LogP contribution in [0.3, 0.4) is 0 Å². The molecule has 108 valence electrons. The Labute approximate surface area is 116 Å². The molecule has 4 heteroatoms. The van der Waals surface area contributed by atoms with Crippen molar-refractivity contribution in [3.8, 4) is 0 Å². The topological polar surface area (TPSA) is 43.4 Å². The van der Waals surface area contributed by atoms with Gasteiger partial charge in [-0.15, -0.1) is 0 Å². The Morgan fingerprint density at radius 3 is 2.58 bits per heavy atom. The molecular formula is C15H26N2O2. The van der Waals surface area contributed by atoms with Crippen LogP contribution in [-0.2, 0) is 22.6 Å². The lowest BCUT2D eigenvalue weighted by molar-refractivity contribution is 0.0909. The zero-order valence-corrected chi connectivity index (χ0v) is 12.5. The highest BCUT2D eigenvalue weighted by Gasteiger charge is 2.08. The second-order valence-electron chi connectivity index (χ2n) is 5.62. The van der Waals surface area contributed by atoms with Crippen LogP contribution in [0.25, 0.3) is 0 Å². The van der Waals surface area contributed by atoms with Crippen LogP contribution in [0.15, 0.2) is 18.2 Å². The molecule has 0 unspecified atom stereocenters. The van der Waals surface area contributed by atoms with Gasteiger partial charge < -0.3 is 14.8 Å². The van der Waals surface area contributed by atoms with Gasteiger partial charge in [0.25, 0.3) is 0 Å². The predicted octanol–water partition coefficient (Wildman–Crippen LogP) is 2.52. The number of hydrogen-bond acceptors (Lipinski definition) is 4. The number of aromatic nitrogens is 1. The highest BCUT2D eigenvalue weighted by Crippen LogP contribution is 2.05. The Bertz CT molecular complexity index is 361. The average molecular weight is 266 g/mol. The molecule has 0 radical (unpaired) electrons. The van der Waals surface area contributed by atoms with E-state index in [9.17, 15) is 0 Å². The molecule has 0 saturated heterocycles. The van der Waals surface area contributed by atoms with Crippen molar-refractivity contribution in [1.82, 2.24) is 10.3 Å². The van der Waals surface area contributed by atoms with Gasteiger partial charge in [0, 0.05) is 32.4 Å². The van der Waals surface area contributed by atoms with E-state index in [4.69, 9.17) is 9.47 Å². The van der Waals surface area contributed by atoms with Crippen molar-refractivity contribution in [2.75, 3.05) is 20.3 Å². The van der Waals surface area contributed by atoms with Gasteiger partial charge in [-0.2, -0.15) is 0 Å². The van der Waals surface area contributed by atoms with E-state index < -0.39 is 0 Å². The predicted molar refractivity (Wildman–Crippen MR) is 77.0 cm³/mol.